The Morgan fingerprint density at radius 2 is 1.83 bits per heavy atom. The lowest BCUT2D eigenvalue weighted by atomic mass is 9.94. The summed E-state index contributed by atoms with van der Waals surface area (Å²) in [5, 5.41) is 8.27. The monoisotopic (exact) mass is 340 g/mol. The number of hydrogen-bond acceptors (Lipinski definition) is 3. The number of benzene rings is 2. The Labute approximate surface area is 142 Å². The Hall–Kier alpha value is -2.53. The van der Waals surface area contributed by atoms with E-state index in [2.05, 4.69) is 17.2 Å². The maximum Gasteiger partial charge on any atom is 0.151 e. The Morgan fingerprint density at radius 1 is 1.00 bits per heavy atom. The predicted molar refractivity (Wildman–Crippen MR) is 93.7 cm³/mol. The fraction of sp³-hybridized carbons (Fsp3) is 0.105. The fourth-order valence-electron chi connectivity index (χ4n) is 2.94. The van der Waals surface area contributed by atoms with Crippen LogP contribution in [0.2, 0.25) is 0 Å². The highest BCUT2D eigenvalue weighted by atomic mass is 32.1. The fourth-order valence-corrected chi connectivity index (χ4v) is 3.70. The van der Waals surface area contributed by atoms with E-state index in [0.717, 1.165) is 22.2 Å². The number of nitrogens with zero attached hydrogens (tertiary/aromatic N) is 2. The molecule has 1 aromatic heterocycles. The van der Waals surface area contributed by atoms with Crippen molar-refractivity contribution in [1.82, 2.24) is 0 Å². The summed E-state index contributed by atoms with van der Waals surface area (Å²) >= 11 is 1.61. The number of hydrazone groups is 1. The molecule has 1 aliphatic heterocycles. The number of halogens is 2. The van der Waals surface area contributed by atoms with Gasteiger partial charge in [-0.2, -0.15) is 5.10 Å². The van der Waals surface area contributed by atoms with Gasteiger partial charge in [0.1, 0.15) is 5.82 Å². The third-order valence-electron chi connectivity index (χ3n) is 4.08. The van der Waals surface area contributed by atoms with Crippen LogP contribution in [-0.4, -0.2) is 12.3 Å². The topological polar surface area (TPSA) is 15.6 Å². The summed E-state index contributed by atoms with van der Waals surface area (Å²) in [5.74, 6) is -1.13. The molecular formula is C19H14F2N2S. The van der Waals surface area contributed by atoms with E-state index >= 15 is 0 Å². The summed E-state index contributed by atoms with van der Waals surface area (Å²) in [7, 11) is 0. The average molecular weight is 340 g/mol. The molecule has 1 atom stereocenters. The lowest BCUT2D eigenvalue weighted by Gasteiger charge is -2.17. The quantitative estimate of drug-likeness (QED) is 0.652. The van der Waals surface area contributed by atoms with Crippen molar-refractivity contribution in [3.05, 3.63) is 88.1 Å². The SMILES string of the molecule is Fc1ccc(N2C[C@H](c3ccccc3)C(c3cccs3)=N2)c(F)c1. The van der Waals surface area contributed by atoms with Crippen molar-refractivity contribution in [1.29, 1.82) is 0 Å². The smallest absolute Gasteiger partial charge is 0.151 e. The summed E-state index contributed by atoms with van der Waals surface area (Å²) in [6.07, 6.45) is 0. The van der Waals surface area contributed by atoms with E-state index in [-0.39, 0.29) is 5.92 Å². The van der Waals surface area contributed by atoms with Gasteiger partial charge in [0, 0.05) is 12.0 Å². The largest absolute Gasteiger partial charge is 0.261 e. The molecule has 120 valence electrons. The zero-order valence-electron chi connectivity index (χ0n) is 12.7. The van der Waals surface area contributed by atoms with Gasteiger partial charge >= 0.3 is 0 Å². The Kier molecular flexibility index (Phi) is 3.86. The zero-order valence-corrected chi connectivity index (χ0v) is 13.5. The van der Waals surface area contributed by atoms with E-state index in [4.69, 9.17) is 0 Å². The molecule has 2 aromatic carbocycles. The van der Waals surface area contributed by atoms with Crippen LogP contribution in [0.25, 0.3) is 0 Å². The van der Waals surface area contributed by atoms with E-state index in [1.807, 2.05) is 35.7 Å². The summed E-state index contributed by atoms with van der Waals surface area (Å²) in [5.41, 5.74) is 2.35. The van der Waals surface area contributed by atoms with Gasteiger partial charge < -0.3 is 0 Å². The molecule has 2 heterocycles. The third-order valence-corrected chi connectivity index (χ3v) is 4.97. The molecule has 3 aromatic rings. The summed E-state index contributed by atoms with van der Waals surface area (Å²) < 4.78 is 27.3. The van der Waals surface area contributed by atoms with E-state index < -0.39 is 11.6 Å². The number of rotatable bonds is 3. The Bertz CT molecular complexity index is 876. The second-order valence-corrected chi connectivity index (χ2v) is 6.55. The van der Waals surface area contributed by atoms with Crippen LogP contribution in [-0.2, 0) is 0 Å². The van der Waals surface area contributed by atoms with Crippen LogP contribution >= 0.6 is 11.3 Å². The Balaban J connectivity index is 1.76. The van der Waals surface area contributed by atoms with Crippen molar-refractivity contribution in [2.45, 2.75) is 5.92 Å². The third kappa shape index (κ3) is 2.71. The number of anilines is 1. The maximum atomic E-state index is 14.2. The first kappa shape index (κ1) is 15.0. The van der Waals surface area contributed by atoms with Crippen molar-refractivity contribution in [3.63, 3.8) is 0 Å². The molecule has 0 radical (unpaired) electrons. The molecule has 0 N–H and O–H groups in total. The molecule has 0 bridgehead atoms. The van der Waals surface area contributed by atoms with Crippen molar-refractivity contribution < 1.29 is 8.78 Å². The van der Waals surface area contributed by atoms with Gasteiger partial charge in [0.2, 0.25) is 0 Å². The lowest BCUT2D eigenvalue weighted by Crippen LogP contribution is -2.19. The van der Waals surface area contributed by atoms with Gasteiger partial charge in [0.15, 0.2) is 5.82 Å². The van der Waals surface area contributed by atoms with Crippen LogP contribution in [0.5, 0.6) is 0 Å². The van der Waals surface area contributed by atoms with Crippen molar-refractivity contribution in [3.8, 4) is 0 Å². The molecule has 0 spiro atoms. The molecule has 0 saturated carbocycles. The van der Waals surface area contributed by atoms with Crippen LogP contribution in [0.1, 0.15) is 16.4 Å². The summed E-state index contributed by atoms with van der Waals surface area (Å²) in [4.78, 5) is 1.06. The second kappa shape index (κ2) is 6.17. The lowest BCUT2D eigenvalue weighted by molar-refractivity contribution is 0.580. The van der Waals surface area contributed by atoms with Gasteiger partial charge in [-0.3, -0.25) is 5.01 Å². The summed E-state index contributed by atoms with van der Waals surface area (Å²) in [6.45, 7) is 0.528. The standard InChI is InChI=1S/C19H14F2N2S/c20-14-8-9-17(16(21)11-14)23-12-15(13-5-2-1-3-6-13)19(22-23)18-7-4-10-24-18/h1-11,15H,12H2/t15-/m1/s1. The zero-order chi connectivity index (χ0) is 16.5. The highest BCUT2D eigenvalue weighted by Gasteiger charge is 2.31. The number of hydrogen-bond donors (Lipinski definition) is 0. The van der Waals surface area contributed by atoms with Gasteiger partial charge in [0.25, 0.3) is 0 Å². The van der Waals surface area contributed by atoms with Gasteiger partial charge in [-0.1, -0.05) is 36.4 Å². The normalized spacial score (nSPS) is 17.2. The van der Waals surface area contributed by atoms with Crippen molar-refractivity contribution in [2.75, 3.05) is 11.6 Å². The van der Waals surface area contributed by atoms with Crippen LogP contribution in [0.3, 0.4) is 0 Å². The molecule has 1 aliphatic rings. The molecule has 0 saturated heterocycles. The van der Waals surface area contributed by atoms with E-state index in [1.165, 1.54) is 12.1 Å². The highest BCUT2D eigenvalue weighted by molar-refractivity contribution is 7.12. The second-order valence-electron chi connectivity index (χ2n) is 5.60. The van der Waals surface area contributed by atoms with E-state index in [9.17, 15) is 8.78 Å². The van der Waals surface area contributed by atoms with Crippen LogP contribution in [0.15, 0.2) is 71.1 Å². The number of thiophene rings is 1. The first-order chi connectivity index (χ1) is 11.7. The van der Waals surface area contributed by atoms with Crippen LogP contribution in [0.4, 0.5) is 14.5 Å². The van der Waals surface area contributed by atoms with Gasteiger partial charge in [-0.05, 0) is 29.1 Å². The van der Waals surface area contributed by atoms with Crippen LogP contribution in [0, 0.1) is 11.6 Å². The molecule has 24 heavy (non-hydrogen) atoms. The van der Waals surface area contributed by atoms with Gasteiger partial charge in [-0.25, -0.2) is 8.78 Å². The summed E-state index contributed by atoms with van der Waals surface area (Å²) in [6, 6.07) is 17.6. The van der Waals surface area contributed by atoms with Crippen molar-refractivity contribution >= 4 is 22.7 Å². The molecule has 0 unspecified atom stereocenters. The molecule has 5 heteroatoms. The first-order valence-corrected chi connectivity index (χ1v) is 8.50. The molecule has 0 fully saturated rings. The van der Waals surface area contributed by atoms with Gasteiger partial charge in [0.05, 0.1) is 22.8 Å². The minimum atomic E-state index is -0.599. The molecule has 0 aliphatic carbocycles. The Morgan fingerprint density at radius 3 is 2.54 bits per heavy atom. The first-order valence-electron chi connectivity index (χ1n) is 7.62. The van der Waals surface area contributed by atoms with Crippen molar-refractivity contribution in [2.24, 2.45) is 5.10 Å². The minimum Gasteiger partial charge on any atom is -0.261 e. The predicted octanol–water partition coefficient (Wildman–Crippen LogP) is 5.03. The molecule has 0 amide bonds. The van der Waals surface area contributed by atoms with Crippen LogP contribution < -0.4 is 5.01 Å². The maximum absolute atomic E-state index is 14.2. The molecule has 4 rings (SSSR count). The molecular weight excluding hydrogens is 326 g/mol. The highest BCUT2D eigenvalue weighted by Crippen LogP contribution is 2.34. The average Bonchev–Trinajstić information content (AvgIpc) is 3.25. The van der Waals surface area contributed by atoms with Gasteiger partial charge in [-0.15, -0.1) is 11.3 Å². The van der Waals surface area contributed by atoms with E-state index in [0.29, 0.717) is 12.2 Å². The molecule has 2 nitrogen and oxygen atoms in total. The van der Waals surface area contributed by atoms with E-state index in [1.54, 1.807) is 16.3 Å². The minimum absolute atomic E-state index is 0.0503.